The van der Waals surface area contributed by atoms with E-state index in [2.05, 4.69) is 10.3 Å². The van der Waals surface area contributed by atoms with E-state index in [0.29, 0.717) is 12.0 Å². The van der Waals surface area contributed by atoms with Crippen LogP contribution in [0.2, 0.25) is 0 Å². The van der Waals surface area contributed by atoms with Crippen molar-refractivity contribution in [2.45, 2.75) is 37.8 Å². The lowest BCUT2D eigenvalue weighted by Crippen LogP contribution is -2.54. The second kappa shape index (κ2) is 7.21. The molecule has 1 aromatic rings. The summed E-state index contributed by atoms with van der Waals surface area (Å²) in [4.78, 5) is 42.0. The van der Waals surface area contributed by atoms with Crippen molar-refractivity contribution in [2.24, 2.45) is 0 Å². The molecule has 128 valence electrons. The topological polar surface area (TPSA) is 88.6 Å². The van der Waals surface area contributed by atoms with Gasteiger partial charge in [0.1, 0.15) is 5.56 Å². The van der Waals surface area contributed by atoms with Gasteiger partial charge in [-0.15, -0.1) is 0 Å². The zero-order valence-electron chi connectivity index (χ0n) is 13.4. The molecule has 2 heterocycles. The molecule has 1 aromatic heterocycles. The molecule has 24 heavy (non-hydrogen) atoms. The minimum absolute atomic E-state index is 0.171. The standard InChI is InChI=1S/C16H19N3O4S/c1-23-15-10(5-4-8-17-15)14(21)18-11-6-2-3-7-12(11)19-13(20)9-24-16(19)22/h4-5,8,11-12H,2-3,6-7,9H2,1H3,(H,18,21)/t11-,12-/m0/s1. The fourth-order valence-corrected chi connectivity index (χ4v) is 4.01. The predicted molar refractivity (Wildman–Crippen MR) is 89.0 cm³/mol. The smallest absolute Gasteiger partial charge is 0.289 e. The molecule has 3 rings (SSSR count). The first-order valence-electron chi connectivity index (χ1n) is 7.90. The Labute approximate surface area is 144 Å². The molecule has 1 saturated heterocycles. The number of carbonyl (C=O) groups excluding carboxylic acids is 3. The van der Waals surface area contributed by atoms with Gasteiger partial charge in [0.2, 0.25) is 11.8 Å². The van der Waals surface area contributed by atoms with Gasteiger partial charge in [0.05, 0.1) is 24.9 Å². The molecule has 0 spiro atoms. The Kier molecular flexibility index (Phi) is 5.03. The summed E-state index contributed by atoms with van der Waals surface area (Å²) in [5.74, 6) is -0.0307. The summed E-state index contributed by atoms with van der Waals surface area (Å²) in [6.45, 7) is 0. The maximum absolute atomic E-state index is 12.6. The molecule has 1 saturated carbocycles. The number of carbonyl (C=O) groups is 3. The van der Waals surface area contributed by atoms with Gasteiger partial charge in [0.25, 0.3) is 11.1 Å². The van der Waals surface area contributed by atoms with E-state index in [1.807, 2.05) is 0 Å². The molecule has 2 aliphatic rings. The minimum atomic E-state index is -0.302. The SMILES string of the molecule is COc1ncccc1C(=O)N[C@H]1CCCC[C@@H]1N1C(=O)CSC1=O. The van der Waals surface area contributed by atoms with Crippen molar-refractivity contribution in [3.05, 3.63) is 23.9 Å². The summed E-state index contributed by atoms with van der Waals surface area (Å²) in [5, 5.41) is 2.75. The molecule has 2 atom stereocenters. The van der Waals surface area contributed by atoms with Crippen LogP contribution in [0.4, 0.5) is 4.79 Å². The monoisotopic (exact) mass is 349 g/mol. The van der Waals surface area contributed by atoms with Gasteiger partial charge in [-0.3, -0.25) is 19.3 Å². The number of hydrogen-bond donors (Lipinski definition) is 1. The van der Waals surface area contributed by atoms with Crippen molar-refractivity contribution in [3.8, 4) is 5.88 Å². The molecule has 3 amide bonds. The van der Waals surface area contributed by atoms with Gasteiger partial charge in [-0.05, 0) is 25.0 Å². The van der Waals surface area contributed by atoms with E-state index in [1.54, 1.807) is 18.3 Å². The largest absolute Gasteiger partial charge is 0.480 e. The number of thioether (sulfide) groups is 1. The first-order chi connectivity index (χ1) is 11.6. The van der Waals surface area contributed by atoms with Crippen LogP contribution in [0.25, 0.3) is 0 Å². The van der Waals surface area contributed by atoms with Gasteiger partial charge in [0, 0.05) is 6.20 Å². The third-order valence-corrected chi connectivity index (χ3v) is 5.21. The molecule has 8 heteroatoms. The van der Waals surface area contributed by atoms with Crippen LogP contribution in [-0.4, -0.2) is 51.9 Å². The molecule has 0 radical (unpaired) electrons. The van der Waals surface area contributed by atoms with Crippen molar-refractivity contribution >= 4 is 28.8 Å². The second-order valence-electron chi connectivity index (χ2n) is 5.81. The number of nitrogens with one attached hydrogen (secondary N) is 1. The number of amides is 3. The maximum atomic E-state index is 12.6. The Hall–Kier alpha value is -2.09. The van der Waals surface area contributed by atoms with Gasteiger partial charge in [0.15, 0.2) is 0 Å². The van der Waals surface area contributed by atoms with E-state index >= 15 is 0 Å². The lowest BCUT2D eigenvalue weighted by atomic mass is 9.89. The Bertz CT molecular complexity index is 650. The molecule has 1 aliphatic carbocycles. The highest BCUT2D eigenvalue weighted by Crippen LogP contribution is 2.30. The van der Waals surface area contributed by atoms with Crippen LogP contribution in [0.5, 0.6) is 5.88 Å². The minimum Gasteiger partial charge on any atom is -0.480 e. The summed E-state index contributed by atoms with van der Waals surface area (Å²) in [6.07, 6.45) is 4.90. The lowest BCUT2D eigenvalue weighted by Gasteiger charge is -2.36. The highest BCUT2D eigenvalue weighted by molar-refractivity contribution is 8.14. The Morgan fingerprint density at radius 2 is 2.17 bits per heavy atom. The summed E-state index contributed by atoms with van der Waals surface area (Å²) in [5.41, 5.74) is 0.345. The lowest BCUT2D eigenvalue weighted by molar-refractivity contribution is -0.127. The fraction of sp³-hybridized carbons (Fsp3) is 0.500. The number of pyridine rings is 1. The number of rotatable bonds is 4. The summed E-state index contributed by atoms with van der Waals surface area (Å²) in [6, 6.07) is 2.78. The van der Waals surface area contributed by atoms with Crippen LogP contribution >= 0.6 is 11.8 Å². The molecule has 2 fully saturated rings. The van der Waals surface area contributed by atoms with E-state index in [4.69, 9.17) is 4.74 Å². The third-order valence-electron chi connectivity index (χ3n) is 4.37. The van der Waals surface area contributed by atoms with Crippen LogP contribution in [0, 0.1) is 0 Å². The number of imide groups is 1. The number of ether oxygens (including phenoxy) is 1. The average molecular weight is 349 g/mol. The Morgan fingerprint density at radius 3 is 2.88 bits per heavy atom. The number of aromatic nitrogens is 1. The summed E-state index contributed by atoms with van der Waals surface area (Å²) < 4.78 is 5.12. The van der Waals surface area contributed by atoms with Crippen LogP contribution in [0.15, 0.2) is 18.3 Å². The Balaban J connectivity index is 1.77. The Morgan fingerprint density at radius 1 is 1.38 bits per heavy atom. The van der Waals surface area contributed by atoms with Crippen molar-refractivity contribution in [3.63, 3.8) is 0 Å². The summed E-state index contributed by atoms with van der Waals surface area (Å²) >= 11 is 1.03. The van der Waals surface area contributed by atoms with Crippen molar-refractivity contribution in [1.82, 2.24) is 15.2 Å². The maximum Gasteiger partial charge on any atom is 0.289 e. The second-order valence-corrected chi connectivity index (χ2v) is 6.74. The highest BCUT2D eigenvalue weighted by Gasteiger charge is 2.41. The van der Waals surface area contributed by atoms with Gasteiger partial charge in [-0.2, -0.15) is 0 Å². The molecule has 7 nitrogen and oxygen atoms in total. The zero-order chi connectivity index (χ0) is 17.1. The molecule has 0 bridgehead atoms. The molecular formula is C16H19N3O4S. The first kappa shape index (κ1) is 16.8. The van der Waals surface area contributed by atoms with Gasteiger partial charge < -0.3 is 10.1 Å². The van der Waals surface area contributed by atoms with Crippen molar-refractivity contribution in [2.75, 3.05) is 12.9 Å². The van der Waals surface area contributed by atoms with E-state index in [0.717, 1.165) is 31.0 Å². The average Bonchev–Trinajstić information content (AvgIpc) is 2.94. The quantitative estimate of drug-likeness (QED) is 0.892. The highest BCUT2D eigenvalue weighted by atomic mass is 32.2. The number of nitrogens with zero attached hydrogens (tertiary/aromatic N) is 2. The van der Waals surface area contributed by atoms with Gasteiger partial charge >= 0.3 is 0 Å². The van der Waals surface area contributed by atoms with E-state index in [-0.39, 0.29) is 40.8 Å². The third kappa shape index (κ3) is 3.24. The predicted octanol–water partition coefficient (Wildman–Crippen LogP) is 1.83. The fourth-order valence-electron chi connectivity index (χ4n) is 3.25. The number of methoxy groups -OCH3 is 1. The van der Waals surface area contributed by atoms with Crippen LogP contribution in [0.1, 0.15) is 36.0 Å². The molecule has 0 aromatic carbocycles. The van der Waals surface area contributed by atoms with Crippen LogP contribution in [0.3, 0.4) is 0 Å². The van der Waals surface area contributed by atoms with Gasteiger partial charge in [-0.25, -0.2) is 4.98 Å². The molecular weight excluding hydrogens is 330 g/mol. The van der Waals surface area contributed by atoms with E-state index in [1.165, 1.54) is 12.0 Å². The zero-order valence-corrected chi connectivity index (χ0v) is 14.2. The summed E-state index contributed by atoms with van der Waals surface area (Å²) in [7, 11) is 1.46. The molecule has 0 unspecified atom stereocenters. The number of hydrogen-bond acceptors (Lipinski definition) is 6. The van der Waals surface area contributed by atoms with E-state index in [9.17, 15) is 14.4 Å². The van der Waals surface area contributed by atoms with Crippen LogP contribution in [-0.2, 0) is 4.79 Å². The normalized spacial score (nSPS) is 24.1. The van der Waals surface area contributed by atoms with E-state index < -0.39 is 0 Å². The molecule has 1 N–H and O–H groups in total. The van der Waals surface area contributed by atoms with Crippen molar-refractivity contribution < 1.29 is 19.1 Å². The van der Waals surface area contributed by atoms with Crippen molar-refractivity contribution in [1.29, 1.82) is 0 Å². The van der Waals surface area contributed by atoms with Crippen LogP contribution < -0.4 is 10.1 Å². The first-order valence-corrected chi connectivity index (χ1v) is 8.89. The van der Waals surface area contributed by atoms with Gasteiger partial charge in [-0.1, -0.05) is 24.6 Å². The molecule has 1 aliphatic heterocycles.